The standard InChI is InChI=1S/C10H15N3O2/c1-7-9(12-6-15-7)10(14)13-4-2-3-8(13)5-11/h6,8H,2-5,11H2,1H3. The van der Waals surface area contributed by atoms with Gasteiger partial charge in [-0.1, -0.05) is 0 Å². The van der Waals surface area contributed by atoms with Crippen LogP contribution >= 0.6 is 0 Å². The zero-order valence-electron chi connectivity index (χ0n) is 8.77. The van der Waals surface area contributed by atoms with E-state index in [1.807, 2.05) is 0 Å². The van der Waals surface area contributed by atoms with Gasteiger partial charge in [0.05, 0.1) is 0 Å². The Morgan fingerprint density at radius 2 is 2.60 bits per heavy atom. The number of carbonyl (C=O) groups is 1. The van der Waals surface area contributed by atoms with Gasteiger partial charge in [-0.05, 0) is 19.8 Å². The number of hydrogen-bond donors (Lipinski definition) is 1. The third-order valence-corrected chi connectivity index (χ3v) is 2.86. The number of nitrogens with two attached hydrogens (primary N) is 1. The average molecular weight is 209 g/mol. The molecule has 1 aromatic heterocycles. The van der Waals surface area contributed by atoms with Gasteiger partial charge in [0.15, 0.2) is 12.1 Å². The zero-order valence-corrected chi connectivity index (χ0v) is 8.77. The van der Waals surface area contributed by atoms with Crippen LogP contribution < -0.4 is 5.73 Å². The Morgan fingerprint density at radius 3 is 3.20 bits per heavy atom. The molecule has 0 aromatic carbocycles. The lowest BCUT2D eigenvalue weighted by Gasteiger charge is -2.22. The van der Waals surface area contributed by atoms with E-state index in [2.05, 4.69) is 4.98 Å². The summed E-state index contributed by atoms with van der Waals surface area (Å²) in [7, 11) is 0. The van der Waals surface area contributed by atoms with Gasteiger partial charge in [0.1, 0.15) is 5.76 Å². The highest BCUT2D eigenvalue weighted by molar-refractivity contribution is 5.93. The Balaban J connectivity index is 2.18. The Labute approximate surface area is 88.3 Å². The summed E-state index contributed by atoms with van der Waals surface area (Å²) < 4.78 is 5.02. The minimum atomic E-state index is -0.0609. The molecule has 0 aliphatic carbocycles. The summed E-state index contributed by atoms with van der Waals surface area (Å²) in [6.45, 7) is 3.03. The van der Waals surface area contributed by atoms with Crippen LogP contribution in [0.1, 0.15) is 29.1 Å². The van der Waals surface area contributed by atoms with Gasteiger partial charge in [0.25, 0.3) is 5.91 Å². The fourth-order valence-electron chi connectivity index (χ4n) is 1.99. The third-order valence-electron chi connectivity index (χ3n) is 2.86. The van der Waals surface area contributed by atoms with E-state index in [-0.39, 0.29) is 11.9 Å². The lowest BCUT2D eigenvalue weighted by Crippen LogP contribution is -2.40. The number of aromatic nitrogens is 1. The minimum Gasteiger partial charge on any atom is -0.448 e. The number of amides is 1. The topological polar surface area (TPSA) is 72.4 Å². The van der Waals surface area contributed by atoms with Crippen molar-refractivity contribution >= 4 is 5.91 Å². The van der Waals surface area contributed by atoms with Crippen molar-refractivity contribution in [3.8, 4) is 0 Å². The largest absolute Gasteiger partial charge is 0.448 e. The van der Waals surface area contributed by atoms with Gasteiger partial charge >= 0.3 is 0 Å². The van der Waals surface area contributed by atoms with Gasteiger partial charge in [-0.2, -0.15) is 0 Å². The molecule has 0 spiro atoms. The van der Waals surface area contributed by atoms with Crippen LogP contribution in [0.4, 0.5) is 0 Å². The van der Waals surface area contributed by atoms with E-state index in [0.717, 1.165) is 19.4 Å². The Morgan fingerprint density at radius 1 is 1.80 bits per heavy atom. The first-order valence-corrected chi connectivity index (χ1v) is 5.15. The molecule has 1 amide bonds. The highest BCUT2D eigenvalue weighted by Gasteiger charge is 2.30. The summed E-state index contributed by atoms with van der Waals surface area (Å²) in [6.07, 6.45) is 3.31. The van der Waals surface area contributed by atoms with Crippen molar-refractivity contribution in [2.75, 3.05) is 13.1 Å². The van der Waals surface area contributed by atoms with Crippen LogP contribution in [0.25, 0.3) is 0 Å². The summed E-state index contributed by atoms with van der Waals surface area (Å²) in [5.41, 5.74) is 6.03. The van der Waals surface area contributed by atoms with Crippen molar-refractivity contribution in [3.63, 3.8) is 0 Å². The van der Waals surface area contributed by atoms with Gasteiger partial charge in [-0.25, -0.2) is 4.98 Å². The zero-order chi connectivity index (χ0) is 10.8. The molecule has 2 heterocycles. The predicted octanol–water partition coefficient (Wildman–Crippen LogP) is 0.546. The molecule has 1 atom stereocenters. The lowest BCUT2D eigenvalue weighted by atomic mass is 10.2. The van der Waals surface area contributed by atoms with Crippen molar-refractivity contribution in [3.05, 3.63) is 17.8 Å². The maximum atomic E-state index is 12.0. The van der Waals surface area contributed by atoms with Crippen LogP contribution in [0, 0.1) is 6.92 Å². The van der Waals surface area contributed by atoms with Crippen LogP contribution in [-0.4, -0.2) is 34.9 Å². The van der Waals surface area contributed by atoms with Gasteiger partial charge < -0.3 is 15.1 Å². The van der Waals surface area contributed by atoms with Crippen LogP contribution in [0.3, 0.4) is 0 Å². The smallest absolute Gasteiger partial charge is 0.276 e. The number of hydrogen-bond acceptors (Lipinski definition) is 4. The molecule has 2 rings (SSSR count). The second-order valence-electron chi connectivity index (χ2n) is 3.79. The fraction of sp³-hybridized carbons (Fsp3) is 0.600. The van der Waals surface area contributed by atoms with Crippen LogP contribution in [-0.2, 0) is 0 Å². The molecule has 1 aliphatic rings. The molecule has 1 saturated heterocycles. The molecule has 5 nitrogen and oxygen atoms in total. The van der Waals surface area contributed by atoms with Gasteiger partial charge in [0, 0.05) is 19.1 Å². The summed E-state index contributed by atoms with van der Waals surface area (Å²) in [5, 5.41) is 0. The van der Waals surface area contributed by atoms with E-state index in [0.29, 0.717) is 18.0 Å². The first kappa shape index (κ1) is 10.2. The molecular weight excluding hydrogens is 194 g/mol. The first-order valence-electron chi connectivity index (χ1n) is 5.15. The molecule has 1 fully saturated rings. The van der Waals surface area contributed by atoms with Crippen molar-refractivity contribution < 1.29 is 9.21 Å². The number of carbonyl (C=O) groups excluding carboxylic acids is 1. The minimum absolute atomic E-state index is 0.0609. The maximum absolute atomic E-state index is 12.0. The number of oxazole rings is 1. The fourth-order valence-corrected chi connectivity index (χ4v) is 1.99. The van der Waals surface area contributed by atoms with Crippen LogP contribution in [0.2, 0.25) is 0 Å². The van der Waals surface area contributed by atoms with Gasteiger partial charge in [-0.3, -0.25) is 4.79 Å². The Kier molecular flexibility index (Phi) is 2.73. The van der Waals surface area contributed by atoms with Crippen molar-refractivity contribution in [2.24, 2.45) is 5.73 Å². The average Bonchev–Trinajstić information content (AvgIpc) is 2.84. The number of aryl methyl sites for hydroxylation is 1. The molecule has 1 aromatic rings. The molecule has 5 heteroatoms. The molecule has 0 bridgehead atoms. The quantitative estimate of drug-likeness (QED) is 0.771. The number of nitrogens with zero attached hydrogens (tertiary/aromatic N) is 2. The molecule has 1 aliphatic heterocycles. The van der Waals surface area contributed by atoms with E-state index >= 15 is 0 Å². The SMILES string of the molecule is Cc1ocnc1C(=O)N1CCCC1CN. The van der Waals surface area contributed by atoms with Crippen molar-refractivity contribution in [2.45, 2.75) is 25.8 Å². The predicted molar refractivity (Wildman–Crippen MR) is 54.4 cm³/mol. The number of likely N-dealkylation sites (tertiary alicyclic amines) is 1. The lowest BCUT2D eigenvalue weighted by molar-refractivity contribution is 0.0734. The monoisotopic (exact) mass is 209 g/mol. The second-order valence-corrected chi connectivity index (χ2v) is 3.79. The van der Waals surface area contributed by atoms with Crippen LogP contribution in [0.5, 0.6) is 0 Å². The maximum Gasteiger partial charge on any atom is 0.276 e. The van der Waals surface area contributed by atoms with E-state index in [1.54, 1.807) is 11.8 Å². The summed E-state index contributed by atoms with van der Waals surface area (Å²) in [5.74, 6) is 0.511. The molecule has 1 unspecified atom stereocenters. The Bertz CT molecular complexity index is 361. The van der Waals surface area contributed by atoms with Crippen molar-refractivity contribution in [1.82, 2.24) is 9.88 Å². The first-order chi connectivity index (χ1) is 7.24. The van der Waals surface area contributed by atoms with E-state index in [4.69, 9.17) is 10.2 Å². The Hall–Kier alpha value is -1.36. The molecule has 2 N–H and O–H groups in total. The molecule has 0 saturated carbocycles. The number of rotatable bonds is 2. The van der Waals surface area contributed by atoms with E-state index in [9.17, 15) is 4.79 Å². The normalized spacial score (nSPS) is 20.9. The van der Waals surface area contributed by atoms with Crippen molar-refractivity contribution in [1.29, 1.82) is 0 Å². The van der Waals surface area contributed by atoms with Gasteiger partial charge in [0.2, 0.25) is 0 Å². The van der Waals surface area contributed by atoms with Gasteiger partial charge in [-0.15, -0.1) is 0 Å². The summed E-state index contributed by atoms with van der Waals surface area (Å²) in [6, 6.07) is 0.161. The summed E-state index contributed by atoms with van der Waals surface area (Å²) in [4.78, 5) is 17.8. The molecule has 15 heavy (non-hydrogen) atoms. The highest BCUT2D eigenvalue weighted by atomic mass is 16.3. The molecular formula is C10H15N3O2. The summed E-state index contributed by atoms with van der Waals surface area (Å²) >= 11 is 0. The van der Waals surface area contributed by atoms with E-state index in [1.165, 1.54) is 6.39 Å². The molecule has 0 radical (unpaired) electrons. The second kappa shape index (κ2) is 4.02. The molecule has 82 valence electrons. The highest BCUT2D eigenvalue weighted by Crippen LogP contribution is 2.19. The van der Waals surface area contributed by atoms with Crippen LogP contribution in [0.15, 0.2) is 10.8 Å². The third kappa shape index (κ3) is 1.74. The van der Waals surface area contributed by atoms with E-state index < -0.39 is 0 Å².